The van der Waals surface area contributed by atoms with Crippen LogP contribution < -0.4 is 27.4 Å². The van der Waals surface area contributed by atoms with Gasteiger partial charge in [0.1, 0.15) is 11.6 Å². The molecule has 1 aliphatic heterocycles. The number of nitrogens with two attached hydrogens (primary N) is 2. The quantitative estimate of drug-likeness (QED) is 0.132. The molecule has 1 saturated heterocycles. The number of nitrogen functional groups attached to an aromatic ring is 2. The molecule has 47 heavy (non-hydrogen) atoms. The molecule has 0 radical (unpaired) electrons. The summed E-state index contributed by atoms with van der Waals surface area (Å²) < 4.78 is 11.6. The van der Waals surface area contributed by atoms with Crippen molar-refractivity contribution in [3.63, 3.8) is 0 Å². The van der Waals surface area contributed by atoms with E-state index in [1.54, 1.807) is 23.2 Å². The number of hydrogen-bond donors (Lipinski definition) is 6. The number of nitrogens with zero attached hydrogens (tertiary/aromatic N) is 12. The third kappa shape index (κ3) is 6.79. The highest BCUT2D eigenvalue weighted by atomic mass is 32.1. The lowest BCUT2D eigenvalue weighted by Gasteiger charge is -2.36. The molecular weight excluding hydrogens is 643 g/mol. The molecule has 250 valence electrons. The van der Waals surface area contributed by atoms with Crippen LogP contribution in [0.1, 0.15) is 112 Å². The first-order valence-electron chi connectivity index (χ1n) is 16.0. The monoisotopic (exact) mass is 681 g/mol. The number of nitrogens with one attached hydrogen (secondary N) is 3. The Labute approximate surface area is 278 Å². The molecular formula is C27H39N17OS2. The number of hydrogen-bond acceptors (Lipinski definition) is 18. The lowest BCUT2D eigenvalue weighted by molar-refractivity contribution is -0.0164. The Balaban J connectivity index is 1.22. The van der Waals surface area contributed by atoms with Gasteiger partial charge in [-0.05, 0) is 39.5 Å². The van der Waals surface area contributed by atoms with Gasteiger partial charge in [-0.1, -0.05) is 38.5 Å². The zero-order chi connectivity index (χ0) is 32.5. The van der Waals surface area contributed by atoms with Gasteiger partial charge in [-0.2, -0.15) is 18.9 Å². The molecule has 3 aliphatic rings. The second-order valence-corrected chi connectivity index (χ2v) is 13.6. The number of azo groups is 2. The van der Waals surface area contributed by atoms with Crippen LogP contribution in [0.15, 0.2) is 20.5 Å². The smallest absolute Gasteiger partial charge is 0.249 e. The van der Waals surface area contributed by atoms with Crippen LogP contribution in [0, 0.1) is 13.8 Å². The molecule has 0 bridgehead atoms. The van der Waals surface area contributed by atoms with Gasteiger partial charge >= 0.3 is 0 Å². The minimum absolute atomic E-state index is 0.185. The fourth-order valence-electron chi connectivity index (χ4n) is 6.53. The summed E-state index contributed by atoms with van der Waals surface area (Å²) in [6, 6.07) is 0. The van der Waals surface area contributed by atoms with Crippen molar-refractivity contribution in [2.75, 3.05) is 11.5 Å². The van der Waals surface area contributed by atoms with E-state index in [1.807, 2.05) is 0 Å². The van der Waals surface area contributed by atoms with Gasteiger partial charge in [0.2, 0.25) is 10.3 Å². The summed E-state index contributed by atoms with van der Waals surface area (Å²) >= 11 is 2.34. The van der Waals surface area contributed by atoms with Crippen molar-refractivity contribution < 1.29 is 5.11 Å². The van der Waals surface area contributed by atoms with Gasteiger partial charge < -0.3 is 16.6 Å². The summed E-state index contributed by atoms with van der Waals surface area (Å²) in [5.74, 6) is 2.23. The number of aromatic nitrogens is 8. The second-order valence-electron chi connectivity index (χ2n) is 12.2. The number of aliphatic hydroxyl groups excluding tert-OH is 1. The molecule has 5 heterocycles. The molecule has 0 amide bonds. The average molecular weight is 682 g/mol. The first kappa shape index (κ1) is 31.8. The normalized spacial score (nSPS) is 23.4. The number of aryl methyl sites for hydroxylation is 2. The van der Waals surface area contributed by atoms with Crippen LogP contribution in [-0.4, -0.2) is 49.7 Å². The molecule has 2 saturated carbocycles. The van der Waals surface area contributed by atoms with E-state index in [1.165, 1.54) is 35.9 Å². The molecule has 7 rings (SSSR count). The lowest BCUT2D eigenvalue weighted by atomic mass is 9.86. The Morgan fingerprint density at radius 3 is 1.47 bits per heavy atom. The van der Waals surface area contributed by atoms with E-state index in [9.17, 15) is 5.11 Å². The fraction of sp³-hybridized carbons (Fsp3) is 0.630. The van der Waals surface area contributed by atoms with E-state index in [4.69, 9.17) is 21.7 Å². The molecule has 8 N–H and O–H groups in total. The Bertz CT molecular complexity index is 1620. The minimum Gasteiger partial charge on any atom is -0.382 e. The van der Waals surface area contributed by atoms with Crippen molar-refractivity contribution in [2.45, 2.75) is 109 Å². The predicted octanol–water partition coefficient (Wildman–Crippen LogP) is 5.16. The molecule has 2 atom stereocenters. The second kappa shape index (κ2) is 13.7. The van der Waals surface area contributed by atoms with Crippen LogP contribution in [0.3, 0.4) is 0 Å². The van der Waals surface area contributed by atoms with Crippen molar-refractivity contribution >= 4 is 56.3 Å². The third-order valence-corrected chi connectivity index (χ3v) is 10.2. The molecule has 18 nitrogen and oxygen atoms in total. The van der Waals surface area contributed by atoms with Gasteiger partial charge in [-0.25, -0.2) is 35.3 Å². The zero-order valence-electron chi connectivity index (χ0n) is 26.2. The molecule has 2 unspecified atom stereocenters. The van der Waals surface area contributed by atoms with E-state index in [0.29, 0.717) is 44.9 Å². The summed E-state index contributed by atoms with van der Waals surface area (Å²) in [6.45, 7) is 3.61. The van der Waals surface area contributed by atoms with Gasteiger partial charge in [-0.15, -0.1) is 20.5 Å². The largest absolute Gasteiger partial charge is 0.382 e. The summed E-state index contributed by atoms with van der Waals surface area (Å²) in [4.78, 5) is 8.60. The van der Waals surface area contributed by atoms with Gasteiger partial charge in [0.15, 0.2) is 41.9 Å². The Kier molecular flexibility index (Phi) is 9.28. The molecule has 4 aromatic rings. The molecule has 20 heteroatoms. The van der Waals surface area contributed by atoms with E-state index in [2.05, 4.69) is 55.1 Å². The summed E-state index contributed by atoms with van der Waals surface area (Å²) in [5.41, 5.74) is 16.0. The van der Waals surface area contributed by atoms with Crippen LogP contribution in [0.5, 0.6) is 0 Å². The van der Waals surface area contributed by atoms with E-state index >= 15 is 0 Å². The topological polar surface area (TPSA) is 245 Å². The van der Waals surface area contributed by atoms with Crippen LogP contribution in [0.4, 0.5) is 33.3 Å². The lowest BCUT2D eigenvalue weighted by Crippen LogP contribution is -2.62. The molecule has 4 aromatic heterocycles. The average Bonchev–Trinajstić information content (AvgIpc) is 3.85. The van der Waals surface area contributed by atoms with Gasteiger partial charge in [0, 0.05) is 34.9 Å². The molecule has 0 aromatic carbocycles. The summed E-state index contributed by atoms with van der Waals surface area (Å²) in [6.07, 6.45) is 8.08. The van der Waals surface area contributed by atoms with E-state index < -0.39 is 18.9 Å². The van der Waals surface area contributed by atoms with Gasteiger partial charge in [0.25, 0.3) is 0 Å². The highest BCUT2D eigenvalue weighted by Crippen LogP contribution is 2.43. The number of rotatable bonds is 8. The maximum absolute atomic E-state index is 11.0. The number of anilines is 2. The van der Waals surface area contributed by atoms with Crippen LogP contribution >= 0.6 is 23.1 Å². The van der Waals surface area contributed by atoms with Crippen LogP contribution in [-0.2, 0) is 0 Å². The Morgan fingerprint density at radius 1 is 0.660 bits per heavy atom. The predicted molar refractivity (Wildman–Crippen MR) is 176 cm³/mol. The zero-order valence-corrected chi connectivity index (χ0v) is 27.9. The summed E-state index contributed by atoms with van der Waals surface area (Å²) in [7, 11) is 0. The maximum atomic E-state index is 11.0. The number of aliphatic hydroxyl groups is 1. The van der Waals surface area contributed by atoms with Crippen molar-refractivity contribution in [1.29, 1.82) is 0 Å². The first-order chi connectivity index (χ1) is 22.8. The van der Waals surface area contributed by atoms with Crippen molar-refractivity contribution in [3.05, 3.63) is 23.0 Å². The van der Waals surface area contributed by atoms with Gasteiger partial charge in [-0.3, -0.25) is 0 Å². The van der Waals surface area contributed by atoms with Crippen molar-refractivity contribution in [2.24, 2.45) is 20.5 Å². The van der Waals surface area contributed by atoms with E-state index in [-0.39, 0.29) is 11.8 Å². The molecule has 0 spiro atoms. The SMILES string of the molecule is Cc1nsc(N=Nc2c(C3CCCCC3)nn(C3NC(O)NC(n4nc(C5CCCCC5)c(N=Nc5nc(C)ns5)c4N)N3)c2N)n1. The van der Waals surface area contributed by atoms with Gasteiger partial charge in [0.05, 0.1) is 11.4 Å². The third-order valence-electron chi connectivity index (χ3n) is 8.82. The first-order valence-corrected chi connectivity index (χ1v) is 17.5. The van der Waals surface area contributed by atoms with E-state index in [0.717, 1.165) is 62.8 Å². The Morgan fingerprint density at radius 2 is 1.09 bits per heavy atom. The summed E-state index contributed by atoms with van der Waals surface area (Å²) in [5, 5.41) is 49.0. The molecule has 2 aliphatic carbocycles. The maximum Gasteiger partial charge on any atom is 0.249 e. The highest BCUT2D eigenvalue weighted by molar-refractivity contribution is 7.09. The fourth-order valence-corrected chi connectivity index (χ4v) is 7.54. The van der Waals surface area contributed by atoms with Crippen molar-refractivity contribution in [3.8, 4) is 0 Å². The van der Waals surface area contributed by atoms with Crippen LogP contribution in [0.2, 0.25) is 0 Å². The molecule has 3 fully saturated rings. The van der Waals surface area contributed by atoms with Crippen LogP contribution in [0.25, 0.3) is 0 Å². The Hall–Kier alpha value is -3.82. The standard InChI is InChI=1S/C27H39N17OS2/c1-13-30-26(46-41-13)37-35-19-17(15-9-5-3-6-10-15)39-43(21(19)28)23-32-24(34-25(45)33-23)44-22(29)20(36-38-27-31-14(2)42-47-27)18(40-44)16-11-7-4-8-12-16/h15-16,23-25,32-34,45H,3-12,28-29H2,1-2H3. The minimum atomic E-state index is -1.15. The van der Waals surface area contributed by atoms with Crippen molar-refractivity contribution in [1.82, 2.24) is 54.2 Å². The highest BCUT2D eigenvalue weighted by Gasteiger charge is 2.35.